The van der Waals surface area contributed by atoms with Crippen LogP contribution in [-0.4, -0.2) is 24.0 Å². The largest absolute Gasteiger partial charge is 0.297 e. The van der Waals surface area contributed by atoms with Gasteiger partial charge >= 0.3 is 0 Å². The molecule has 0 amide bonds. The minimum absolute atomic E-state index is 0. The molecule has 2 heteroatoms. The van der Waals surface area contributed by atoms with Gasteiger partial charge in [-0.15, -0.1) is 12.4 Å². The molecule has 1 aliphatic rings. The summed E-state index contributed by atoms with van der Waals surface area (Å²) in [5.74, 6) is 0. The Morgan fingerprint density at radius 3 is 1.78 bits per heavy atom. The normalized spacial score (nSPS) is 16.2. The minimum atomic E-state index is 0. The number of piperidine rings is 1. The fraction of sp³-hybridized carbons (Fsp3) is 0.333. The van der Waals surface area contributed by atoms with Gasteiger partial charge in [0.2, 0.25) is 0 Å². The molecule has 1 atom stereocenters. The molecule has 0 N–H and O–H groups in total. The third-order valence-electron chi connectivity index (χ3n) is 4.54. The molecule has 1 fully saturated rings. The van der Waals surface area contributed by atoms with Crippen molar-refractivity contribution in [1.82, 2.24) is 4.90 Å². The molecular formula is C21H26ClN. The Morgan fingerprint density at radius 2 is 1.30 bits per heavy atom. The van der Waals surface area contributed by atoms with Crippen molar-refractivity contribution in [2.75, 3.05) is 13.1 Å². The average molecular weight is 328 g/mol. The van der Waals surface area contributed by atoms with E-state index in [9.17, 15) is 0 Å². The lowest BCUT2D eigenvalue weighted by molar-refractivity contribution is 0.201. The van der Waals surface area contributed by atoms with Gasteiger partial charge in [-0.25, -0.2) is 0 Å². The summed E-state index contributed by atoms with van der Waals surface area (Å²) in [5.41, 5.74) is 3.95. The van der Waals surface area contributed by atoms with Gasteiger partial charge in [0.1, 0.15) is 0 Å². The second-order valence-electron chi connectivity index (χ2n) is 6.15. The summed E-state index contributed by atoms with van der Waals surface area (Å²) in [4.78, 5) is 2.61. The highest BCUT2D eigenvalue weighted by Crippen LogP contribution is 2.25. The molecule has 122 valence electrons. The van der Waals surface area contributed by atoms with E-state index in [2.05, 4.69) is 78.6 Å². The summed E-state index contributed by atoms with van der Waals surface area (Å²) < 4.78 is 0. The Bertz CT molecular complexity index is 559. The summed E-state index contributed by atoms with van der Waals surface area (Å²) in [6.07, 6.45) is 6.50. The van der Waals surface area contributed by atoms with Crippen molar-refractivity contribution >= 4 is 18.0 Å². The number of hydrogen-bond donors (Lipinski definition) is 0. The van der Waals surface area contributed by atoms with Crippen LogP contribution < -0.4 is 0 Å². The van der Waals surface area contributed by atoms with Crippen LogP contribution >= 0.6 is 12.4 Å². The molecule has 1 heterocycles. The van der Waals surface area contributed by atoms with E-state index in [1.807, 2.05) is 0 Å². The average Bonchev–Trinajstić information content (AvgIpc) is 2.62. The van der Waals surface area contributed by atoms with Crippen molar-refractivity contribution < 1.29 is 0 Å². The predicted molar refractivity (Wildman–Crippen MR) is 102 cm³/mol. The number of rotatable bonds is 4. The summed E-state index contributed by atoms with van der Waals surface area (Å²) in [7, 11) is 0. The summed E-state index contributed by atoms with van der Waals surface area (Å²) in [5, 5.41) is 0. The minimum Gasteiger partial charge on any atom is -0.297 e. The molecule has 0 radical (unpaired) electrons. The van der Waals surface area contributed by atoms with Gasteiger partial charge < -0.3 is 0 Å². The van der Waals surface area contributed by atoms with E-state index in [1.54, 1.807) is 0 Å². The predicted octanol–water partition coefficient (Wildman–Crippen LogP) is 5.41. The van der Waals surface area contributed by atoms with Crippen LogP contribution in [0.1, 0.15) is 37.3 Å². The van der Waals surface area contributed by atoms with Crippen LogP contribution in [0.4, 0.5) is 0 Å². The Hall–Kier alpha value is -1.57. The maximum Gasteiger partial charge on any atom is 0.0259 e. The third kappa shape index (κ3) is 4.70. The highest BCUT2D eigenvalue weighted by molar-refractivity contribution is 5.85. The second-order valence-corrected chi connectivity index (χ2v) is 6.15. The molecule has 0 aromatic heterocycles. The van der Waals surface area contributed by atoms with E-state index < -0.39 is 0 Å². The highest BCUT2D eigenvalue weighted by atomic mass is 35.5. The van der Waals surface area contributed by atoms with E-state index in [4.69, 9.17) is 0 Å². The van der Waals surface area contributed by atoms with Crippen molar-refractivity contribution in [3.63, 3.8) is 0 Å². The molecule has 1 saturated heterocycles. The van der Waals surface area contributed by atoms with E-state index in [1.165, 1.54) is 49.1 Å². The lowest BCUT2D eigenvalue weighted by Gasteiger charge is -2.31. The monoisotopic (exact) mass is 327 g/mol. The number of hydrogen-bond acceptors (Lipinski definition) is 1. The molecular weight excluding hydrogens is 302 g/mol. The zero-order valence-electron chi connectivity index (χ0n) is 13.8. The van der Waals surface area contributed by atoms with Crippen molar-refractivity contribution in [2.45, 2.75) is 32.2 Å². The standard InChI is InChI=1S/C21H25N.ClH/c1-18(22-15-9-4-10-16-22)17-21(19-11-5-2-6-12-19)20-13-7-3-8-14-20;/h2-3,5-8,11-14,17-18H,4,9-10,15-16H2,1H3;1H. The zero-order valence-corrected chi connectivity index (χ0v) is 14.6. The molecule has 1 unspecified atom stereocenters. The van der Waals surface area contributed by atoms with Gasteiger partial charge in [-0.05, 0) is 49.6 Å². The van der Waals surface area contributed by atoms with Crippen LogP contribution in [0.3, 0.4) is 0 Å². The molecule has 0 spiro atoms. The van der Waals surface area contributed by atoms with Gasteiger partial charge in [-0.2, -0.15) is 0 Å². The molecule has 0 aliphatic carbocycles. The maximum absolute atomic E-state index is 2.61. The summed E-state index contributed by atoms with van der Waals surface area (Å²) in [6.45, 7) is 4.79. The smallest absolute Gasteiger partial charge is 0.0259 e. The molecule has 0 bridgehead atoms. The van der Waals surface area contributed by atoms with Crippen molar-refractivity contribution in [2.24, 2.45) is 0 Å². The Labute approximate surface area is 146 Å². The first-order chi connectivity index (χ1) is 10.8. The van der Waals surface area contributed by atoms with Gasteiger partial charge in [0.25, 0.3) is 0 Å². The van der Waals surface area contributed by atoms with Crippen LogP contribution in [-0.2, 0) is 0 Å². The van der Waals surface area contributed by atoms with Crippen LogP contribution in [0, 0.1) is 0 Å². The second kappa shape index (κ2) is 8.90. The summed E-state index contributed by atoms with van der Waals surface area (Å²) in [6, 6.07) is 22.0. The molecule has 2 aromatic rings. The number of likely N-dealkylation sites (tertiary alicyclic amines) is 1. The van der Waals surface area contributed by atoms with Gasteiger partial charge in [0, 0.05) is 6.04 Å². The lowest BCUT2D eigenvalue weighted by atomic mass is 9.95. The van der Waals surface area contributed by atoms with Crippen molar-refractivity contribution in [3.05, 3.63) is 77.9 Å². The first kappa shape index (κ1) is 17.8. The molecule has 3 rings (SSSR count). The van der Waals surface area contributed by atoms with Crippen LogP contribution in [0.15, 0.2) is 66.7 Å². The van der Waals surface area contributed by atoms with E-state index in [-0.39, 0.29) is 12.4 Å². The number of halogens is 1. The van der Waals surface area contributed by atoms with E-state index in [0.717, 1.165) is 0 Å². The van der Waals surface area contributed by atoms with Gasteiger partial charge in [-0.1, -0.05) is 73.2 Å². The number of benzene rings is 2. The SMILES string of the molecule is CC(C=C(c1ccccc1)c1ccccc1)N1CCCCC1.Cl. The first-order valence-corrected chi connectivity index (χ1v) is 8.41. The quantitative estimate of drug-likeness (QED) is 0.725. The summed E-state index contributed by atoms with van der Waals surface area (Å²) >= 11 is 0. The Kier molecular flexibility index (Phi) is 6.88. The highest BCUT2D eigenvalue weighted by Gasteiger charge is 2.16. The van der Waals surface area contributed by atoms with E-state index in [0.29, 0.717) is 6.04 Å². The molecule has 1 nitrogen and oxygen atoms in total. The van der Waals surface area contributed by atoms with Crippen LogP contribution in [0.25, 0.3) is 5.57 Å². The van der Waals surface area contributed by atoms with Gasteiger partial charge in [-0.3, -0.25) is 4.90 Å². The third-order valence-corrected chi connectivity index (χ3v) is 4.54. The topological polar surface area (TPSA) is 3.24 Å². The first-order valence-electron chi connectivity index (χ1n) is 8.41. The maximum atomic E-state index is 2.61. The lowest BCUT2D eigenvalue weighted by Crippen LogP contribution is -2.36. The fourth-order valence-corrected chi connectivity index (χ4v) is 3.27. The Morgan fingerprint density at radius 1 is 0.826 bits per heavy atom. The zero-order chi connectivity index (χ0) is 15.2. The molecule has 2 aromatic carbocycles. The van der Waals surface area contributed by atoms with Gasteiger partial charge in [0.05, 0.1) is 0 Å². The van der Waals surface area contributed by atoms with Crippen LogP contribution in [0.5, 0.6) is 0 Å². The number of nitrogens with zero attached hydrogens (tertiary/aromatic N) is 1. The van der Waals surface area contributed by atoms with E-state index >= 15 is 0 Å². The molecule has 1 aliphatic heterocycles. The van der Waals surface area contributed by atoms with Crippen LogP contribution in [0.2, 0.25) is 0 Å². The fourth-order valence-electron chi connectivity index (χ4n) is 3.27. The molecule has 0 saturated carbocycles. The molecule has 23 heavy (non-hydrogen) atoms. The van der Waals surface area contributed by atoms with Crippen molar-refractivity contribution in [1.29, 1.82) is 0 Å². The van der Waals surface area contributed by atoms with Gasteiger partial charge in [0.15, 0.2) is 0 Å². The van der Waals surface area contributed by atoms with Crippen molar-refractivity contribution in [3.8, 4) is 0 Å². The Balaban J connectivity index is 0.00000192.